The molecule has 0 saturated carbocycles. The molecule has 1 aromatic heterocycles. The summed E-state index contributed by atoms with van der Waals surface area (Å²) < 4.78 is 34.0. The molecule has 3 rings (SSSR count). The van der Waals surface area contributed by atoms with Crippen LogP contribution < -0.4 is 4.74 Å². The standard InChI is InChI=1S/C32H40N2O12/c1-16(2)27-24(14-23-12-11-22(13-17(23)3)9-8-10-26(39)40)31(34-33-27)46-32-30(44-21(7)38)29(43-20(6)37)28(42-19(5)36)25(45-32)15-41-18(4)35/h8-9,11-13,16,25,28-30,32H,10,14-15H2,1-7H3,(H,33,34)(H,39,40)/t25-,28-,29+,30-,32+/m1/s1. The van der Waals surface area contributed by atoms with Gasteiger partial charge in [-0.25, -0.2) is 0 Å². The van der Waals surface area contributed by atoms with E-state index in [-0.39, 0.29) is 18.2 Å². The van der Waals surface area contributed by atoms with Gasteiger partial charge >= 0.3 is 29.8 Å². The summed E-state index contributed by atoms with van der Waals surface area (Å²) in [7, 11) is 0. The molecule has 1 saturated heterocycles. The lowest BCUT2D eigenvalue weighted by atomic mass is 9.95. The summed E-state index contributed by atoms with van der Waals surface area (Å²) in [6, 6.07) is 5.73. The zero-order valence-electron chi connectivity index (χ0n) is 26.9. The van der Waals surface area contributed by atoms with Gasteiger partial charge in [0.25, 0.3) is 0 Å². The number of carbonyl (C=O) groups is 5. The van der Waals surface area contributed by atoms with Crippen molar-refractivity contribution in [3.63, 3.8) is 0 Å². The molecule has 46 heavy (non-hydrogen) atoms. The first-order valence-electron chi connectivity index (χ1n) is 14.7. The maximum absolute atomic E-state index is 12.2. The van der Waals surface area contributed by atoms with Crippen molar-refractivity contribution in [2.45, 2.75) is 97.9 Å². The van der Waals surface area contributed by atoms with Gasteiger partial charge in [-0.05, 0) is 29.5 Å². The molecule has 1 aromatic carbocycles. The summed E-state index contributed by atoms with van der Waals surface area (Å²) in [6.45, 7) is 10.1. The van der Waals surface area contributed by atoms with Crippen LogP contribution >= 0.6 is 0 Å². The van der Waals surface area contributed by atoms with Crippen LogP contribution in [0.5, 0.6) is 5.88 Å². The first-order chi connectivity index (χ1) is 21.7. The molecule has 14 heteroatoms. The largest absolute Gasteiger partial charge is 0.481 e. The number of carboxylic acid groups (broad SMARTS) is 1. The van der Waals surface area contributed by atoms with Crippen LogP contribution in [0.1, 0.15) is 81.8 Å². The molecule has 0 aliphatic carbocycles. The van der Waals surface area contributed by atoms with Gasteiger partial charge < -0.3 is 33.5 Å². The Labute approximate surface area is 266 Å². The Hall–Kier alpha value is -4.72. The highest BCUT2D eigenvalue weighted by Gasteiger charge is 2.53. The van der Waals surface area contributed by atoms with Crippen LogP contribution in [0.2, 0.25) is 0 Å². The number of ether oxygens (including phenoxy) is 6. The fourth-order valence-electron chi connectivity index (χ4n) is 5.01. The molecule has 1 fully saturated rings. The van der Waals surface area contributed by atoms with Crippen LogP contribution in [0.15, 0.2) is 24.3 Å². The van der Waals surface area contributed by atoms with Gasteiger partial charge in [0, 0.05) is 45.4 Å². The zero-order chi connectivity index (χ0) is 34.1. The number of hydrogen-bond donors (Lipinski definition) is 2. The van der Waals surface area contributed by atoms with Gasteiger partial charge in [-0.1, -0.05) is 44.2 Å². The van der Waals surface area contributed by atoms with Gasteiger partial charge in [-0.2, -0.15) is 0 Å². The van der Waals surface area contributed by atoms with Gasteiger partial charge in [0.2, 0.25) is 18.3 Å². The second-order valence-corrected chi connectivity index (χ2v) is 11.1. The Balaban J connectivity index is 2.02. The lowest BCUT2D eigenvalue weighted by Crippen LogP contribution is -2.63. The van der Waals surface area contributed by atoms with Gasteiger partial charge in [-0.15, -0.1) is 5.10 Å². The molecule has 0 bridgehead atoms. The third kappa shape index (κ3) is 9.89. The fraction of sp³-hybridized carbons (Fsp3) is 0.500. The topological polar surface area (TPSA) is 190 Å². The highest BCUT2D eigenvalue weighted by atomic mass is 16.7. The normalized spacial score (nSPS) is 21.1. The number of aromatic amines is 1. The monoisotopic (exact) mass is 644 g/mol. The molecule has 0 spiro atoms. The fourth-order valence-corrected chi connectivity index (χ4v) is 5.01. The Morgan fingerprint density at radius 2 is 1.59 bits per heavy atom. The quantitative estimate of drug-likeness (QED) is 0.239. The van der Waals surface area contributed by atoms with E-state index in [0.717, 1.165) is 43.2 Å². The molecule has 2 aromatic rings. The number of hydrogen-bond acceptors (Lipinski definition) is 12. The molecule has 2 heterocycles. The molecule has 5 atom stereocenters. The number of rotatable bonds is 13. The Morgan fingerprint density at radius 3 is 2.15 bits per heavy atom. The van der Waals surface area contributed by atoms with Crippen molar-refractivity contribution in [2.24, 2.45) is 0 Å². The number of nitrogens with one attached hydrogen (secondary N) is 1. The minimum Gasteiger partial charge on any atom is -0.481 e. The van der Waals surface area contributed by atoms with Crippen LogP contribution in [-0.4, -0.2) is 82.5 Å². The maximum Gasteiger partial charge on any atom is 0.307 e. The van der Waals surface area contributed by atoms with E-state index in [1.54, 1.807) is 12.2 Å². The second kappa shape index (κ2) is 16.0. The first-order valence-corrected chi connectivity index (χ1v) is 14.7. The van der Waals surface area contributed by atoms with Crippen LogP contribution in [0.3, 0.4) is 0 Å². The van der Waals surface area contributed by atoms with Gasteiger partial charge in [0.05, 0.1) is 6.42 Å². The zero-order valence-corrected chi connectivity index (χ0v) is 26.9. The third-order valence-electron chi connectivity index (χ3n) is 6.95. The smallest absolute Gasteiger partial charge is 0.307 e. The van der Waals surface area contributed by atoms with Gasteiger partial charge in [0.15, 0.2) is 12.2 Å². The number of H-pyrrole nitrogens is 1. The van der Waals surface area contributed by atoms with E-state index in [4.69, 9.17) is 33.5 Å². The number of aryl methyl sites for hydroxylation is 1. The van der Waals surface area contributed by atoms with Crippen molar-refractivity contribution in [1.82, 2.24) is 10.2 Å². The first kappa shape index (κ1) is 35.8. The number of esters is 4. The summed E-state index contributed by atoms with van der Waals surface area (Å²) in [4.78, 5) is 58.9. The van der Waals surface area contributed by atoms with Gasteiger partial charge in [0.1, 0.15) is 12.7 Å². The number of nitrogens with zero attached hydrogens (tertiary/aromatic N) is 1. The van der Waals surface area contributed by atoms with E-state index in [1.807, 2.05) is 39.0 Å². The van der Waals surface area contributed by atoms with Crippen molar-refractivity contribution in [1.29, 1.82) is 0 Å². The number of aliphatic carboxylic acids is 1. The Kier molecular flexibility index (Phi) is 12.5. The summed E-state index contributed by atoms with van der Waals surface area (Å²) in [5, 5.41) is 16.3. The number of carbonyl (C=O) groups excluding carboxylic acids is 4. The lowest BCUT2D eigenvalue weighted by molar-refractivity contribution is -0.289. The molecule has 0 radical (unpaired) electrons. The second-order valence-electron chi connectivity index (χ2n) is 11.1. The molecular weight excluding hydrogens is 604 g/mol. The molecule has 1 aliphatic rings. The molecule has 0 unspecified atom stereocenters. The average Bonchev–Trinajstić information content (AvgIpc) is 3.33. The molecule has 1 aliphatic heterocycles. The summed E-state index contributed by atoms with van der Waals surface area (Å²) in [5.74, 6) is -3.69. The lowest BCUT2D eigenvalue weighted by Gasteiger charge is -2.43. The molecule has 250 valence electrons. The van der Waals surface area contributed by atoms with Crippen molar-refractivity contribution in [3.8, 4) is 5.88 Å². The average molecular weight is 645 g/mol. The molecule has 14 nitrogen and oxygen atoms in total. The van der Waals surface area contributed by atoms with Crippen LogP contribution in [-0.2, 0) is 54.1 Å². The minimum absolute atomic E-state index is 0.00576. The van der Waals surface area contributed by atoms with Crippen molar-refractivity contribution >= 4 is 35.9 Å². The van der Waals surface area contributed by atoms with Crippen LogP contribution in [0.25, 0.3) is 6.08 Å². The van der Waals surface area contributed by atoms with Crippen molar-refractivity contribution in [2.75, 3.05) is 6.61 Å². The van der Waals surface area contributed by atoms with Crippen molar-refractivity contribution in [3.05, 3.63) is 52.2 Å². The SMILES string of the molecule is CC(=O)OC[C@H]1O[C@@H](Oc2n[nH]c(C(C)C)c2Cc2ccc(C=CCC(=O)O)cc2C)[C@H](OC(C)=O)[C@@H](OC(C)=O)[C@@H]1OC(C)=O. The van der Waals surface area contributed by atoms with E-state index in [2.05, 4.69) is 10.2 Å². The van der Waals surface area contributed by atoms with E-state index < -0.39 is 67.2 Å². The van der Waals surface area contributed by atoms with Crippen LogP contribution in [0, 0.1) is 6.92 Å². The summed E-state index contributed by atoms with van der Waals surface area (Å²) in [5.41, 5.74) is 4.16. The maximum atomic E-state index is 12.2. The molecular formula is C32H40N2O12. The van der Waals surface area contributed by atoms with Crippen molar-refractivity contribution < 1.29 is 57.5 Å². The number of carboxylic acids is 1. The number of benzene rings is 1. The predicted octanol–water partition coefficient (Wildman–Crippen LogP) is 3.38. The third-order valence-corrected chi connectivity index (χ3v) is 6.95. The van der Waals surface area contributed by atoms with E-state index in [0.29, 0.717) is 12.0 Å². The highest BCUT2D eigenvalue weighted by Crippen LogP contribution is 2.34. The summed E-state index contributed by atoms with van der Waals surface area (Å²) >= 11 is 0. The molecule has 2 N–H and O–H groups in total. The minimum atomic E-state index is -1.44. The Bertz CT molecular complexity index is 1460. The number of aromatic nitrogens is 2. The van der Waals surface area contributed by atoms with E-state index in [9.17, 15) is 24.0 Å². The summed E-state index contributed by atoms with van der Waals surface area (Å²) in [6.07, 6.45) is -3.14. The predicted molar refractivity (Wildman–Crippen MR) is 161 cm³/mol. The van der Waals surface area contributed by atoms with E-state index in [1.165, 1.54) is 6.92 Å². The van der Waals surface area contributed by atoms with E-state index >= 15 is 0 Å². The molecule has 0 amide bonds. The highest BCUT2D eigenvalue weighted by molar-refractivity contribution is 5.70. The van der Waals surface area contributed by atoms with Gasteiger partial charge in [-0.3, -0.25) is 29.1 Å². The Morgan fingerprint density at radius 1 is 0.957 bits per heavy atom. The van der Waals surface area contributed by atoms with Crippen LogP contribution in [0.4, 0.5) is 0 Å².